The number of nitrogens with one attached hydrogen (secondary N) is 1. The number of halogens is 3. The minimum absolute atomic E-state index is 0.0686. The number of pyridine rings is 2. The number of hydrogen-bond donors (Lipinski definition) is 1. The average molecular weight is 481 g/mol. The van der Waals surface area contributed by atoms with Crippen LogP contribution in [0.25, 0.3) is 11.0 Å². The first kappa shape index (κ1) is 22.7. The number of carbonyl (C=O) groups is 1. The number of hydrogen-bond acceptors (Lipinski definition) is 5. The van der Waals surface area contributed by atoms with E-state index < -0.39 is 17.8 Å². The Morgan fingerprint density at radius 2 is 1.94 bits per heavy atom. The van der Waals surface area contributed by atoms with Crippen molar-refractivity contribution in [3.05, 3.63) is 77.7 Å². The molecule has 1 saturated heterocycles. The summed E-state index contributed by atoms with van der Waals surface area (Å²) in [6, 6.07) is 14.5. The van der Waals surface area contributed by atoms with Crippen LogP contribution >= 0.6 is 0 Å². The fourth-order valence-corrected chi connectivity index (χ4v) is 3.97. The third-order valence-corrected chi connectivity index (χ3v) is 5.93. The van der Waals surface area contributed by atoms with Gasteiger partial charge in [0.05, 0.1) is 19.0 Å². The minimum Gasteiger partial charge on any atom is -0.497 e. The molecule has 10 heteroatoms. The molecule has 0 radical (unpaired) electrons. The zero-order valence-corrected chi connectivity index (χ0v) is 18.8. The molecule has 1 aromatic carbocycles. The van der Waals surface area contributed by atoms with Crippen LogP contribution in [0.15, 0.2) is 60.8 Å². The van der Waals surface area contributed by atoms with E-state index in [0.717, 1.165) is 37.0 Å². The Hall–Kier alpha value is -4.08. The number of aromatic nitrogens is 3. The van der Waals surface area contributed by atoms with E-state index in [1.807, 2.05) is 12.1 Å². The quantitative estimate of drug-likeness (QED) is 0.421. The van der Waals surface area contributed by atoms with Crippen LogP contribution in [-0.4, -0.2) is 40.6 Å². The van der Waals surface area contributed by atoms with Gasteiger partial charge in [0.25, 0.3) is 5.91 Å². The van der Waals surface area contributed by atoms with Gasteiger partial charge in [-0.25, -0.2) is 9.97 Å². The molecular formula is C25H22F3N5O2. The van der Waals surface area contributed by atoms with Gasteiger partial charge in [-0.3, -0.25) is 4.79 Å². The van der Waals surface area contributed by atoms with E-state index in [1.54, 1.807) is 36.5 Å². The molecule has 4 aromatic rings. The number of fused-ring (bicyclic) bond motifs is 1. The molecular weight excluding hydrogens is 459 g/mol. The molecule has 7 nitrogen and oxygen atoms in total. The largest absolute Gasteiger partial charge is 0.497 e. The number of ether oxygens (including phenoxy) is 1. The first-order valence-corrected chi connectivity index (χ1v) is 11.0. The van der Waals surface area contributed by atoms with Crippen LogP contribution in [0.1, 0.15) is 28.2 Å². The van der Waals surface area contributed by atoms with Gasteiger partial charge in [0.2, 0.25) is 0 Å². The third-order valence-electron chi connectivity index (χ3n) is 5.93. The summed E-state index contributed by atoms with van der Waals surface area (Å²) in [5.74, 6) is 0.963. The zero-order chi connectivity index (χ0) is 24.6. The first-order chi connectivity index (χ1) is 16.8. The lowest BCUT2D eigenvalue weighted by Crippen LogP contribution is -2.37. The number of nitrogens with zero attached hydrogens (tertiary/aromatic N) is 4. The van der Waals surface area contributed by atoms with Crippen LogP contribution in [0, 0.1) is 0 Å². The summed E-state index contributed by atoms with van der Waals surface area (Å²) < 4.78 is 46.8. The number of anilines is 2. The summed E-state index contributed by atoms with van der Waals surface area (Å²) >= 11 is 0. The van der Waals surface area contributed by atoms with Crippen molar-refractivity contribution in [3.63, 3.8) is 0 Å². The Bertz CT molecular complexity index is 1380. The molecule has 35 heavy (non-hydrogen) atoms. The van der Waals surface area contributed by atoms with Gasteiger partial charge in [-0.05, 0) is 54.4 Å². The molecule has 0 bridgehead atoms. The van der Waals surface area contributed by atoms with Crippen molar-refractivity contribution in [2.45, 2.75) is 19.1 Å². The van der Waals surface area contributed by atoms with Gasteiger partial charge in [-0.1, -0.05) is 12.1 Å². The number of benzene rings is 1. The summed E-state index contributed by atoms with van der Waals surface area (Å²) in [5, 5.41) is 3.23. The van der Waals surface area contributed by atoms with Gasteiger partial charge in [0, 0.05) is 25.0 Å². The number of methoxy groups -OCH3 is 1. The standard InChI is InChI=1S/C25H22F3N5O2/c1-35-19-5-2-4-16(12-19)15-33-20(13-17-6-8-21(25(26,27)28)31-23(17)33)24(34)30-18-7-9-22(29-14-18)32-10-3-11-32/h2,4-9,12-14H,3,10-11,15H2,1H3,(H,30,34). The molecule has 1 aliphatic heterocycles. The Balaban J connectivity index is 1.51. The number of amides is 1. The minimum atomic E-state index is -4.61. The van der Waals surface area contributed by atoms with Crippen molar-refractivity contribution in [1.82, 2.24) is 14.5 Å². The van der Waals surface area contributed by atoms with Crippen LogP contribution in [0.3, 0.4) is 0 Å². The molecule has 0 saturated carbocycles. The molecule has 0 atom stereocenters. The highest BCUT2D eigenvalue weighted by Crippen LogP contribution is 2.31. The van der Waals surface area contributed by atoms with Gasteiger partial charge >= 0.3 is 6.18 Å². The van der Waals surface area contributed by atoms with E-state index in [0.29, 0.717) is 16.8 Å². The monoisotopic (exact) mass is 481 g/mol. The lowest BCUT2D eigenvalue weighted by Gasteiger charge is -2.31. The molecule has 3 aromatic heterocycles. The molecule has 0 unspecified atom stereocenters. The maximum Gasteiger partial charge on any atom is 0.433 e. The smallest absolute Gasteiger partial charge is 0.433 e. The van der Waals surface area contributed by atoms with Gasteiger partial charge in [-0.15, -0.1) is 0 Å². The van der Waals surface area contributed by atoms with Crippen molar-refractivity contribution in [2.75, 3.05) is 30.4 Å². The van der Waals surface area contributed by atoms with Crippen LogP contribution in [0.4, 0.5) is 24.7 Å². The van der Waals surface area contributed by atoms with E-state index in [2.05, 4.69) is 20.2 Å². The van der Waals surface area contributed by atoms with Crippen molar-refractivity contribution < 1.29 is 22.7 Å². The molecule has 5 rings (SSSR count). The Morgan fingerprint density at radius 3 is 2.60 bits per heavy atom. The SMILES string of the molecule is COc1cccc(Cn2c(C(=O)Nc3ccc(N4CCC4)nc3)cc3ccc(C(F)(F)F)nc32)c1. The fourth-order valence-electron chi connectivity index (χ4n) is 3.97. The van der Waals surface area contributed by atoms with Gasteiger partial charge in [-0.2, -0.15) is 13.2 Å². The average Bonchev–Trinajstić information content (AvgIpc) is 3.16. The second kappa shape index (κ2) is 8.94. The molecule has 1 N–H and O–H groups in total. The van der Waals surface area contributed by atoms with Gasteiger partial charge in [0.15, 0.2) is 0 Å². The van der Waals surface area contributed by atoms with Crippen molar-refractivity contribution in [1.29, 1.82) is 0 Å². The summed E-state index contributed by atoms with van der Waals surface area (Å²) in [4.78, 5) is 23.6. The predicted octanol–water partition coefficient (Wildman–Crippen LogP) is 4.97. The van der Waals surface area contributed by atoms with E-state index in [9.17, 15) is 18.0 Å². The van der Waals surface area contributed by atoms with E-state index >= 15 is 0 Å². The number of alkyl halides is 3. The molecule has 0 spiro atoms. The third kappa shape index (κ3) is 4.64. The molecule has 1 amide bonds. The van der Waals surface area contributed by atoms with E-state index in [1.165, 1.54) is 17.7 Å². The fraction of sp³-hybridized carbons (Fsp3) is 0.240. The Kier molecular flexibility index (Phi) is 5.80. The van der Waals surface area contributed by atoms with Crippen LogP contribution in [0.5, 0.6) is 5.75 Å². The molecule has 0 aliphatic carbocycles. The van der Waals surface area contributed by atoms with E-state index in [-0.39, 0.29) is 17.9 Å². The first-order valence-electron chi connectivity index (χ1n) is 11.0. The summed E-state index contributed by atoms with van der Waals surface area (Å²) in [6.07, 6.45) is -1.91. The summed E-state index contributed by atoms with van der Waals surface area (Å²) in [5.41, 5.74) is 0.463. The maximum absolute atomic E-state index is 13.4. The summed E-state index contributed by atoms with van der Waals surface area (Å²) in [7, 11) is 1.53. The number of carbonyl (C=O) groups excluding carboxylic acids is 1. The normalized spacial score (nSPS) is 13.5. The second-order valence-electron chi connectivity index (χ2n) is 8.27. The molecule has 4 heterocycles. The van der Waals surface area contributed by atoms with Crippen LogP contribution < -0.4 is 15.0 Å². The topological polar surface area (TPSA) is 72.3 Å². The zero-order valence-electron chi connectivity index (χ0n) is 18.8. The van der Waals surface area contributed by atoms with Crippen LogP contribution in [0.2, 0.25) is 0 Å². The highest BCUT2D eigenvalue weighted by molar-refractivity contribution is 6.06. The van der Waals surface area contributed by atoms with E-state index in [4.69, 9.17) is 4.74 Å². The van der Waals surface area contributed by atoms with Crippen LogP contribution in [-0.2, 0) is 12.7 Å². The lowest BCUT2D eigenvalue weighted by atomic mass is 10.2. The highest BCUT2D eigenvalue weighted by atomic mass is 19.4. The van der Waals surface area contributed by atoms with Crippen molar-refractivity contribution in [3.8, 4) is 5.75 Å². The highest BCUT2D eigenvalue weighted by Gasteiger charge is 2.33. The molecule has 180 valence electrons. The maximum atomic E-state index is 13.4. The van der Waals surface area contributed by atoms with Gasteiger partial charge < -0.3 is 19.5 Å². The Labute approximate surface area is 199 Å². The van der Waals surface area contributed by atoms with Gasteiger partial charge in [0.1, 0.15) is 28.6 Å². The van der Waals surface area contributed by atoms with Crippen molar-refractivity contribution >= 4 is 28.4 Å². The molecule has 1 aliphatic rings. The Morgan fingerprint density at radius 1 is 1.11 bits per heavy atom. The lowest BCUT2D eigenvalue weighted by molar-refractivity contribution is -0.141. The molecule has 1 fully saturated rings. The van der Waals surface area contributed by atoms with Crippen molar-refractivity contribution in [2.24, 2.45) is 0 Å². The predicted molar refractivity (Wildman–Crippen MR) is 126 cm³/mol. The number of rotatable bonds is 6. The second-order valence-corrected chi connectivity index (χ2v) is 8.27. The summed E-state index contributed by atoms with van der Waals surface area (Å²) in [6.45, 7) is 2.04.